The molecule has 1 amide bonds. The van der Waals surface area contributed by atoms with Gasteiger partial charge >= 0.3 is 0 Å². The monoisotopic (exact) mass is 397 g/mol. The van der Waals surface area contributed by atoms with E-state index in [4.69, 9.17) is 16.5 Å². The average molecular weight is 398 g/mol. The molecular weight excluding hydrogens is 366 g/mol. The fraction of sp³-hybridized carbons (Fsp3) is 0.571. The van der Waals surface area contributed by atoms with E-state index in [-0.39, 0.29) is 11.9 Å². The highest BCUT2D eigenvalue weighted by atomic mass is 16.2. The van der Waals surface area contributed by atoms with Gasteiger partial charge in [0.2, 0.25) is 11.9 Å². The minimum atomic E-state index is -0.550. The lowest BCUT2D eigenvalue weighted by Crippen LogP contribution is -2.59. The van der Waals surface area contributed by atoms with Crippen molar-refractivity contribution in [3.63, 3.8) is 0 Å². The Morgan fingerprint density at radius 1 is 1.07 bits per heavy atom. The number of nitrogens with zero attached hydrogens (tertiary/aromatic N) is 5. The molecule has 0 radical (unpaired) electrons. The molecule has 0 atom stereocenters. The van der Waals surface area contributed by atoms with Crippen molar-refractivity contribution < 1.29 is 4.79 Å². The van der Waals surface area contributed by atoms with Gasteiger partial charge in [-0.3, -0.25) is 9.69 Å². The highest BCUT2D eigenvalue weighted by Crippen LogP contribution is 2.40. The van der Waals surface area contributed by atoms with Gasteiger partial charge in [0.25, 0.3) is 5.91 Å². The van der Waals surface area contributed by atoms with E-state index in [1.807, 2.05) is 34.1 Å². The lowest BCUT2D eigenvalue weighted by atomic mass is 9.87. The van der Waals surface area contributed by atoms with Crippen LogP contribution in [0.2, 0.25) is 0 Å². The molecule has 1 saturated carbocycles. The fourth-order valence-electron chi connectivity index (χ4n) is 4.76. The number of benzene rings is 1. The molecule has 0 aromatic heterocycles. The third-order valence-corrected chi connectivity index (χ3v) is 6.33. The summed E-state index contributed by atoms with van der Waals surface area (Å²) in [5.41, 5.74) is 13.2. The number of likely N-dealkylation sites (N-methyl/N-ethyl adjacent to an activating group) is 1. The van der Waals surface area contributed by atoms with E-state index in [0.717, 1.165) is 64.1 Å². The van der Waals surface area contributed by atoms with Gasteiger partial charge in [0.1, 0.15) is 5.66 Å². The number of amides is 1. The number of carbonyl (C=O) groups is 1. The van der Waals surface area contributed by atoms with E-state index in [0.29, 0.717) is 11.5 Å². The van der Waals surface area contributed by atoms with Crippen LogP contribution in [0.5, 0.6) is 0 Å². The van der Waals surface area contributed by atoms with Crippen LogP contribution < -0.4 is 16.4 Å². The molecule has 8 nitrogen and oxygen atoms in total. The largest absolute Gasteiger partial charge is 0.369 e. The van der Waals surface area contributed by atoms with E-state index in [1.54, 1.807) is 0 Å². The highest BCUT2D eigenvalue weighted by Gasteiger charge is 2.43. The fourth-order valence-corrected chi connectivity index (χ4v) is 4.76. The summed E-state index contributed by atoms with van der Waals surface area (Å²) in [6.07, 6.45) is 4.97. The second-order valence-corrected chi connectivity index (χ2v) is 8.06. The first-order valence-electron chi connectivity index (χ1n) is 10.6. The van der Waals surface area contributed by atoms with Crippen LogP contribution in [0.15, 0.2) is 34.3 Å². The quantitative estimate of drug-likeness (QED) is 0.806. The summed E-state index contributed by atoms with van der Waals surface area (Å²) in [6.45, 7) is 6.45. The number of rotatable bonds is 3. The summed E-state index contributed by atoms with van der Waals surface area (Å²) in [7, 11) is 0. The average Bonchev–Trinajstić information content (AvgIpc) is 2.73. The maximum Gasteiger partial charge on any atom is 0.256 e. The lowest BCUT2D eigenvalue weighted by Gasteiger charge is -2.46. The van der Waals surface area contributed by atoms with Gasteiger partial charge in [0, 0.05) is 26.2 Å². The van der Waals surface area contributed by atoms with Crippen LogP contribution in [0.25, 0.3) is 0 Å². The highest BCUT2D eigenvalue weighted by molar-refractivity contribution is 6.10. The second kappa shape index (κ2) is 8.02. The van der Waals surface area contributed by atoms with Crippen LogP contribution in [0.1, 0.15) is 49.4 Å². The van der Waals surface area contributed by atoms with Crippen molar-refractivity contribution in [3.8, 4) is 0 Å². The molecule has 1 aliphatic carbocycles. The molecule has 156 valence electrons. The maximum absolute atomic E-state index is 13.4. The van der Waals surface area contributed by atoms with E-state index in [1.165, 1.54) is 6.42 Å². The predicted octanol–water partition coefficient (Wildman–Crippen LogP) is 1.57. The van der Waals surface area contributed by atoms with Gasteiger partial charge in [-0.15, -0.1) is 0 Å². The number of anilines is 1. The lowest BCUT2D eigenvalue weighted by molar-refractivity contribution is 0.0644. The van der Waals surface area contributed by atoms with Crippen molar-refractivity contribution in [2.45, 2.75) is 44.7 Å². The van der Waals surface area contributed by atoms with Crippen molar-refractivity contribution in [2.24, 2.45) is 21.5 Å². The van der Waals surface area contributed by atoms with Crippen molar-refractivity contribution in [2.75, 3.05) is 37.6 Å². The van der Waals surface area contributed by atoms with Crippen molar-refractivity contribution >= 4 is 23.5 Å². The Bertz CT molecular complexity index is 820. The molecule has 4 rings (SSSR count). The topological polar surface area (TPSA) is 104 Å². The summed E-state index contributed by atoms with van der Waals surface area (Å²) in [4.78, 5) is 28.7. The van der Waals surface area contributed by atoms with Gasteiger partial charge in [-0.2, -0.15) is 4.99 Å². The molecule has 2 fully saturated rings. The molecular formula is C21H31N7O. The van der Waals surface area contributed by atoms with Crippen LogP contribution in [-0.4, -0.2) is 66.0 Å². The zero-order valence-corrected chi connectivity index (χ0v) is 17.2. The van der Waals surface area contributed by atoms with Gasteiger partial charge < -0.3 is 21.3 Å². The number of aliphatic imine (C=N–C) groups is 2. The van der Waals surface area contributed by atoms with E-state index in [9.17, 15) is 4.79 Å². The number of hydrogen-bond acceptors (Lipinski definition) is 7. The van der Waals surface area contributed by atoms with E-state index in [2.05, 4.69) is 16.8 Å². The smallest absolute Gasteiger partial charge is 0.256 e. The Kier molecular flexibility index (Phi) is 5.45. The predicted molar refractivity (Wildman–Crippen MR) is 116 cm³/mol. The zero-order chi connectivity index (χ0) is 20.4. The Morgan fingerprint density at radius 3 is 2.45 bits per heavy atom. The molecule has 4 N–H and O–H groups in total. The number of carbonyl (C=O) groups excluding carboxylic acids is 1. The number of para-hydroxylation sites is 1. The van der Waals surface area contributed by atoms with Crippen molar-refractivity contribution in [1.82, 2.24) is 9.80 Å². The first-order chi connectivity index (χ1) is 14.0. The number of guanidine groups is 2. The summed E-state index contributed by atoms with van der Waals surface area (Å²) in [5.74, 6) is 0.577. The standard InChI is InChI=1S/C21H31N7O/c1-2-26-12-14-27(15-13-26)18(29)16-8-4-5-9-17(16)28-20(23)24-19(22)25-21(28)10-6-3-7-11-21/h4-5,8-9H,2-3,6-7,10-15H2,1H3,(H4,22,23,24,25). The minimum Gasteiger partial charge on any atom is -0.369 e. The molecule has 1 aromatic rings. The molecule has 0 bridgehead atoms. The number of hydrogen-bond donors (Lipinski definition) is 2. The Hall–Kier alpha value is -2.61. The zero-order valence-electron chi connectivity index (χ0n) is 17.2. The van der Waals surface area contributed by atoms with E-state index < -0.39 is 5.66 Å². The van der Waals surface area contributed by atoms with Gasteiger partial charge in [-0.1, -0.05) is 25.5 Å². The van der Waals surface area contributed by atoms with Gasteiger partial charge in [-0.25, -0.2) is 4.99 Å². The molecule has 29 heavy (non-hydrogen) atoms. The third-order valence-electron chi connectivity index (χ3n) is 6.33. The summed E-state index contributed by atoms with van der Waals surface area (Å²) < 4.78 is 0. The first-order valence-corrected chi connectivity index (χ1v) is 10.6. The molecule has 1 aromatic carbocycles. The number of nitrogens with two attached hydrogens (primary N) is 2. The van der Waals surface area contributed by atoms with Gasteiger partial charge in [0.05, 0.1) is 11.3 Å². The summed E-state index contributed by atoms with van der Waals surface area (Å²) in [5, 5.41) is 0. The van der Waals surface area contributed by atoms with Crippen LogP contribution in [0.3, 0.4) is 0 Å². The van der Waals surface area contributed by atoms with Crippen molar-refractivity contribution in [3.05, 3.63) is 29.8 Å². The van der Waals surface area contributed by atoms with E-state index >= 15 is 0 Å². The summed E-state index contributed by atoms with van der Waals surface area (Å²) in [6, 6.07) is 7.68. The minimum absolute atomic E-state index is 0.0395. The molecule has 2 heterocycles. The maximum atomic E-state index is 13.4. The first kappa shape index (κ1) is 19.7. The molecule has 1 spiro atoms. The van der Waals surface area contributed by atoms with Crippen LogP contribution >= 0.6 is 0 Å². The van der Waals surface area contributed by atoms with Crippen LogP contribution in [0.4, 0.5) is 5.69 Å². The molecule has 3 aliphatic rings. The van der Waals surface area contributed by atoms with Crippen LogP contribution in [0, 0.1) is 0 Å². The van der Waals surface area contributed by atoms with Gasteiger partial charge in [-0.05, 0) is 44.4 Å². The molecule has 8 heteroatoms. The SMILES string of the molecule is CCN1CCN(C(=O)c2ccccc2N2C(N)=NC(N)=NC23CCCCC3)CC1. The second-order valence-electron chi connectivity index (χ2n) is 8.06. The molecule has 1 saturated heterocycles. The number of piperazine rings is 1. The Labute approximate surface area is 172 Å². The molecule has 2 aliphatic heterocycles. The van der Waals surface area contributed by atoms with Crippen molar-refractivity contribution in [1.29, 1.82) is 0 Å². The Balaban J connectivity index is 1.68. The summed E-state index contributed by atoms with van der Waals surface area (Å²) >= 11 is 0. The molecule has 0 unspecified atom stereocenters. The Morgan fingerprint density at radius 2 is 1.76 bits per heavy atom. The normalized spacial score (nSPS) is 22.4. The third kappa shape index (κ3) is 3.69. The van der Waals surface area contributed by atoms with Gasteiger partial charge in [0.15, 0.2) is 0 Å². The van der Waals surface area contributed by atoms with Crippen LogP contribution in [-0.2, 0) is 0 Å².